The zero-order valence-corrected chi connectivity index (χ0v) is 10.8. The number of hydrogen-bond donors (Lipinski definition) is 0. The number of aryl methyl sites for hydroxylation is 2. The Bertz CT molecular complexity index is 392. The molecule has 0 heterocycles. The van der Waals surface area contributed by atoms with E-state index in [9.17, 15) is 4.79 Å². The van der Waals surface area contributed by atoms with Crippen molar-refractivity contribution in [3.63, 3.8) is 0 Å². The average Bonchev–Trinajstić information content (AvgIpc) is 2.23. The lowest BCUT2D eigenvalue weighted by Gasteiger charge is -2.21. The van der Waals surface area contributed by atoms with Gasteiger partial charge in [-0.25, -0.2) is 0 Å². The molecule has 0 fully saturated rings. The predicted octanol–water partition coefficient (Wildman–Crippen LogP) is 2.84. The first-order valence-corrected chi connectivity index (χ1v) is 5.51. The molecule has 1 aromatic rings. The molecule has 0 spiro atoms. The van der Waals surface area contributed by atoms with E-state index in [-0.39, 0.29) is 5.78 Å². The highest BCUT2D eigenvalue weighted by molar-refractivity contribution is 5.88. The molecule has 0 bridgehead atoms. The van der Waals surface area contributed by atoms with Gasteiger partial charge in [-0.1, -0.05) is 18.2 Å². The van der Waals surface area contributed by atoms with Gasteiger partial charge in [-0.3, -0.25) is 4.79 Å². The van der Waals surface area contributed by atoms with Gasteiger partial charge >= 0.3 is 0 Å². The summed E-state index contributed by atoms with van der Waals surface area (Å²) in [6.45, 7) is 7.73. The van der Waals surface area contributed by atoms with E-state index in [1.807, 2.05) is 6.07 Å². The summed E-state index contributed by atoms with van der Waals surface area (Å²) < 4.78 is 5.18. The van der Waals surface area contributed by atoms with Crippen molar-refractivity contribution in [2.75, 3.05) is 7.11 Å². The van der Waals surface area contributed by atoms with Gasteiger partial charge in [-0.2, -0.15) is 0 Å². The SMILES string of the molecule is COC(C)(C)C(=O)Cc1ccc(C)c(C)c1. The van der Waals surface area contributed by atoms with Gasteiger partial charge in [0, 0.05) is 13.5 Å². The second-order valence-corrected chi connectivity index (χ2v) is 4.73. The molecular weight excluding hydrogens is 200 g/mol. The Hall–Kier alpha value is -1.15. The maximum absolute atomic E-state index is 11.9. The summed E-state index contributed by atoms with van der Waals surface area (Å²) in [5.41, 5.74) is 2.83. The van der Waals surface area contributed by atoms with Gasteiger partial charge in [-0.05, 0) is 44.4 Å². The summed E-state index contributed by atoms with van der Waals surface area (Å²) in [5, 5.41) is 0. The fraction of sp³-hybridized carbons (Fsp3) is 0.500. The highest BCUT2D eigenvalue weighted by atomic mass is 16.5. The van der Waals surface area contributed by atoms with E-state index in [1.54, 1.807) is 21.0 Å². The van der Waals surface area contributed by atoms with E-state index in [1.165, 1.54) is 11.1 Å². The van der Waals surface area contributed by atoms with Crippen molar-refractivity contribution in [3.8, 4) is 0 Å². The monoisotopic (exact) mass is 220 g/mol. The van der Waals surface area contributed by atoms with E-state index in [0.717, 1.165) is 5.56 Å². The molecule has 0 atom stereocenters. The Morgan fingerprint density at radius 3 is 2.38 bits per heavy atom. The molecule has 0 aromatic heterocycles. The normalized spacial score (nSPS) is 11.6. The average molecular weight is 220 g/mol. The van der Waals surface area contributed by atoms with E-state index in [4.69, 9.17) is 4.74 Å². The summed E-state index contributed by atoms with van der Waals surface area (Å²) in [4.78, 5) is 11.9. The van der Waals surface area contributed by atoms with Crippen LogP contribution in [0, 0.1) is 13.8 Å². The first kappa shape index (κ1) is 12.9. The largest absolute Gasteiger partial charge is 0.371 e. The third-order valence-electron chi connectivity index (χ3n) is 3.12. The zero-order valence-electron chi connectivity index (χ0n) is 10.8. The molecule has 0 aliphatic carbocycles. The molecule has 0 radical (unpaired) electrons. The van der Waals surface area contributed by atoms with E-state index < -0.39 is 5.60 Å². The lowest BCUT2D eigenvalue weighted by Crippen LogP contribution is -2.35. The molecule has 0 aliphatic heterocycles. The van der Waals surface area contributed by atoms with Gasteiger partial charge < -0.3 is 4.74 Å². The van der Waals surface area contributed by atoms with Crippen LogP contribution < -0.4 is 0 Å². The number of carbonyl (C=O) groups is 1. The van der Waals surface area contributed by atoms with Gasteiger partial charge in [0.25, 0.3) is 0 Å². The number of ketones is 1. The molecule has 2 heteroatoms. The number of rotatable bonds is 4. The molecule has 2 nitrogen and oxygen atoms in total. The Morgan fingerprint density at radius 1 is 1.25 bits per heavy atom. The number of Topliss-reactive ketones (excluding diaryl/α,β-unsaturated/α-hetero) is 1. The molecule has 16 heavy (non-hydrogen) atoms. The molecule has 0 saturated heterocycles. The maximum Gasteiger partial charge on any atom is 0.168 e. The van der Waals surface area contributed by atoms with Gasteiger partial charge in [0.2, 0.25) is 0 Å². The van der Waals surface area contributed by atoms with Crippen LogP contribution >= 0.6 is 0 Å². The van der Waals surface area contributed by atoms with E-state index in [2.05, 4.69) is 26.0 Å². The van der Waals surface area contributed by atoms with Crippen molar-refractivity contribution in [1.29, 1.82) is 0 Å². The fourth-order valence-electron chi connectivity index (χ4n) is 1.43. The van der Waals surface area contributed by atoms with Crippen molar-refractivity contribution in [2.45, 2.75) is 39.7 Å². The first-order chi connectivity index (χ1) is 7.36. The highest BCUT2D eigenvalue weighted by Gasteiger charge is 2.26. The lowest BCUT2D eigenvalue weighted by molar-refractivity contribution is -0.136. The highest BCUT2D eigenvalue weighted by Crippen LogP contribution is 2.15. The van der Waals surface area contributed by atoms with Crippen LogP contribution in [0.25, 0.3) is 0 Å². The van der Waals surface area contributed by atoms with Gasteiger partial charge in [-0.15, -0.1) is 0 Å². The van der Waals surface area contributed by atoms with E-state index >= 15 is 0 Å². The number of benzene rings is 1. The van der Waals surface area contributed by atoms with Crippen molar-refractivity contribution in [1.82, 2.24) is 0 Å². The van der Waals surface area contributed by atoms with Crippen LogP contribution in [-0.2, 0) is 16.0 Å². The molecular formula is C14H20O2. The number of ether oxygens (including phenoxy) is 1. The molecule has 0 N–H and O–H groups in total. The van der Waals surface area contributed by atoms with Crippen molar-refractivity contribution in [2.24, 2.45) is 0 Å². The second kappa shape index (κ2) is 4.79. The molecule has 0 aliphatic rings. The van der Waals surface area contributed by atoms with Crippen LogP contribution in [0.15, 0.2) is 18.2 Å². The van der Waals surface area contributed by atoms with Crippen molar-refractivity contribution < 1.29 is 9.53 Å². The summed E-state index contributed by atoms with van der Waals surface area (Å²) >= 11 is 0. The van der Waals surface area contributed by atoms with Gasteiger partial charge in [0.05, 0.1) is 0 Å². The quantitative estimate of drug-likeness (QED) is 0.780. The zero-order chi connectivity index (χ0) is 12.3. The molecule has 88 valence electrons. The third-order valence-corrected chi connectivity index (χ3v) is 3.12. The number of carbonyl (C=O) groups excluding carboxylic acids is 1. The standard InChI is InChI=1S/C14H20O2/c1-10-6-7-12(8-11(10)2)9-13(15)14(3,4)16-5/h6-8H,9H2,1-5H3. The fourth-order valence-corrected chi connectivity index (χ4v) is 1.43. The first-order valence-electron chi connectivity index (χ1n) is 5.51. The molecule has 0 unspecified atom stereocenters. The smallest absolute Gasteiger partial charge is 0.168 e. The topological polar surface area (TPSA) is 26.3 Å². The molecule has 1 aromatic carbocycles. The predicted molar refractivity (Wildman–Crippen MR) is 65.7 cm³/mol. The maximum atomic E-state index is 11.9. The minimum Gasteiger partial charge on any atom is -0.371 e. The van der Waals surface area contributed by atoms with Gasteiger partial charge in [0.1, 0.15) is 5.60 Å². The van der Waals surface area contributed by atoms with Crippen LogP contribution in [0.2, 0.25) is 0 Å². The van der Waals surface area contributed by atoms with Crippen LogP contribution in [0.3, 0.4) is 0 Å². The number of hydrogen-bond acceptors (Lipinski definition) is 2. The van der Waals surface area contributed by atoms with Crippen LogP contribution in [0.1, 0.15) is 30.5 Å². The van der Waals surface area contributed by atoms with Crippen LogP contribution in [0.5, 0.6) is 0 Å². The van der Waals surface area contributed by atoms with E-state index in [0.29, 0.717) is 6.42 Å². The Balaban J connectivity index is 2.82. The van der Waals surface area contributed by atoms with Crippen LogP contribution in [0.4, 0.5) is 0 Å². The Morgan fingerprint density at radius 2 is 1.88 bits per heavy atom. The van der Waals surface area contributed by atoms with Crippen LogP contribution in [-0.4, -0.2) is 18.5 Å². The third kappa shape index (κ3) is 2.92. The van der Waals surface area contributed by atoms with Crippen molar-refractivity contribution >= 4 is 5.78 Å². The second-order valence-electron chi connectivity index (χ2n) is 4.73. The minimum atomic E-state index is -0.696. The van der Waals surface area contributed by atoms with Crippen molar-refractivity contribution in [3.05, 3.63) is 34.9 Å². The molecule has 0 amide bonds. The van der Waals surface area contributed by atoms with Gasteiger partial charge in [0.15, 0.2) is 5.78 Å². The summed E-state index contributed by atoms with van der Waals surface area (Å²) in [5.74, 6) is 0.109. The lowest BCUT2D eigenvalue weighted by atomic mass is 9.95. The molecule has 1 rings (SSSR count). The molecule has 0 saturated carbocycles. The summed E-state index contributed by atoms with van der Waals surface area (Å²) in [6, 6.07) is 6.13. The summed E-state index contributed by atoms with van der Waals surface area (Å²) in [6.07, 6.45) is 0.432. The number of methoxy groups -OCH3 is 1. The minimum absolute atomic E-state index is 0.109. The summed E-state index contributed by atoms with van der Waals surface area (Å²) in [7, 11) is 1.57. The Labute approximate surface area is 97.6 Å². The Kier molecular flexibility index (Phi) is 3.87.